The van der Waals surface area contributed by atoms with Crippen molar-refractivity contribution < 1.29 is 18.7 Å². The van der Waals surface area contributed by atoms with Crippen LogP contribution in [0.25, 0.3) is 0 Å². The molecule has 6 heteroatoms. The Labute approximate surface area is 161 Å². The van der Waals surface area contributed by atoms with E-state index in [4.69, 9.17) is 9.15 Å². The normalized spacial score (nSPS) is 20.1. The molecule has 0 aromatic carbocycles. The molecule has 3 rings (SSSR count). The van der Waals surface area contributed by atoms with Gasteiger partial charge in [-0.05, 0) is 44.2 Å². The maximum Gasteiger partial charge on any atom is 0.242 e. The van der Waals surface area contributed by atoms with Gasteiger partial charge in [-0.1, -0.05) is 19.8 Å². The summed E-state index contributed by atoms with van der Waals surface area (Å²) in [5, 5.41) is 0. The third-order valence-electron chi connectivity index (χ3n) is 5.56. The third kappa shape index (κ3) is 5.58. The van der Waals surface area contributed by atoms with Gasteiger partial charge in [-0.2, -0.15) is 0 Å². The number of carbonyl (C=O) groups is 2. The molecular formula is C21H32N2O4. The Morgan fingerprint density at radius 2 is 1.96 bits per heavy atom. The van der Waals surface area contributed by atoms with Crippen LogP contribution in [0.5, 0.6) is 0 Å². The molecule has 0 radical (unpaired) electrons. The number of rotatable bonds is 9. The molecule has 1 atom stereocenters. The number of hydrogen-bond acceptors (Lipinski definition) is 4. The highest BCUT2D eigenvalue weighted by molar-refractivity contribution is 5.86. The molecule has 1 aromatic rings. The Morgan fingerprint density at radius 1 is 1.15 bits per heavy atom. The van der Waals surface area contributed by atoms with Crippen molar-refractivity contribution in [2.45, 2.75) is 64.5 Å². The molecule has 0 N–H and O–H groups in total. The standard InChI is InChI=1S/C21H32N2O4/c1-2-11-22(21(25)17-7-3-4-8-17)16-20(24)23(14-18-9-5-12-26-18)15-19-10-6-13-27-19/h5,9,12,17,19H,2-4,6-8,10-11,13-16H2,1H3. The van der Waals surface area contributed by atoms with Crippen molar-refractivity contribution in [2.75, 3.05) is 26.2 Å². The van der Waals surface area contributed by atoms with Crippen molar-refractivity contribution in [1.82, 2.24) is 9.80 Å². The lowest BCUT2D eigenvalue weighted by Gasteiger charge is -2.30. The molecule has 1 aliphatic carbocycles. The summed E-state index contributed by atoms with van der Waals surface area (Å²) in [5.74, 6) is 0.978. The lowest BCUT2D eigenvalue weighted by Crippen LogP contribution is -2.46. The summed E-state index contributed by atoms with van der Waals surface area (Å²) >= 11 is 0. The zero-order valence-corrected chi connectivity index (χ0v) is 16.4. The van der Waals surface area contributed by atoms with Crippen LogP contribution >= 0.6 is 0 Å². The monoisotopic (exact) mass is 376 g/mol. The average molecular weight is 376 g/mol. The maximum atomic E-state index is 13.1. The van der Waals surface area contributed by atoms with Crippen LogP contribution in [-0.2, 0) is 20.9 Å². The summed E-state index contributed by atoms with van der Waals surface area (Å²) < 4.78 is 11.2. The second-order valence-corrected chi connectivity index (χ2v) is 7.73. The molecule has 150 valence electrons. The smallest absolute Gasteiger partial charge is 0.242 e. The molecular weight excluding hydrogens is 344 g/mol. The van der Waals surface area contributed by atoms with Crippen molar-refractivity contribution in [1.29, 1.82) is 0 Å². The zero-order chi connectivity index (χ0) is 19.1. The summed E-state index contributed by atoms with van der Waals surface area (Å²) in [6.07, 6.45) is 8.72. The average Bonchev–Trinajstić information content (AvgIpc) is 3.42. The molecule has 27 heavy (non-hydrogen) atoms. The summed E-state index contributed by atoms with van der Waals surface area (Å²) in [6, 6.07) is 3.71. The topological polar surface area (TPSA) is 63.0 Å². The first-order chi connectivity index (χ1) is 13.2. The van der Waals surface area contributed by atoms with Gasteiger partial charge in [-0.3, -0.25) is 9.59 Å². The molecule has 2 fully saturated rings. The van der Waals surface area contributed by atoms with Gasteiger partial charge in [0.25, 0.3) is 0 Å². The fourth-order valence-corrected chi connectivity index (χ4v) is 4.11. The van der Waals surface area contributed by atoms with Crippen LogP contribution in [-0.4, -0.2) is 54.0 Å². The van der Waals surface area contributed by atoms with E-state index < -0.39 is 0 Å². The highest BCUT2D eigenvalue weighted by Gasteiger charge is 2.30. The second-order valence-electron chi connectivity index (χ2n) is 7.73. The third-order valence-corrected chi connectivity index (χ3v) is 5.56. The van der Waals surface area contributed by atoms with E-state index in [9.17, 15) is 9.59 Å². The van der Waals surface area contributed by atoms with Crippen molar-refractivity contribution in [3.8, 4) is 0 Å². The van der Waals surface area contributed by atoms with E-state index in [1.54, 1.807) is 16.1 Å². The minimum atomic E-state index is -0.0262. The van der Waals surface area contributed by atoms with Crippen LogP contribution in [0.15, 0.2) is 22.8 Å². The van der Waals surface area contributed by atoms with Gasteiger partial charge in [-0.15, -0.1) is 0 Å². The Bertz CT molecular complexity index is 589. The van der Waals surface area contributed by atoms with Crippen LogP contribution in [0.4, 0.5) is 0 Å². The van der Waals surface area contributed by atoms with Crippen LogP contribution in [0.3, 0.4) is 0 Å². The van der Waals surface area contributed by atoms with Crippen LogP contribution in [0, 0.1) is 5.92 Å². The van der Waals surface area contributed by atoms with Gasteiger partial charge in [0.2, 0.25) is 11.8 Å². The van der Waals surface area contributed by atoms with E-state index in [1.807, 2.05) is 19.1 Å². The van der Waals surface area contributed by atoms with Crippen molar-refractivity contribution in [2.24, 2.45) is 5.92 Å². The largest absolute Gasteiger partial charge is 0.467 e. The van der Waals surface area contributed by atoms with Crippen LogP contribution < -0.4 is 0 Å². The molecule has 1 saturated carbocycles. The molecule has 0 bridgehead atoms. The molecule has 0 spiro atoms. The number of carbonyl (C=O) groups excluding carboxylic acids is 2. The number of amides is 2. The molecule has 1 unspecified atom stereocenters. The minimum absolute atomic E-state index is 0.0262. The molecule has 2 heterocycles. The predicted octanol–water partition coefficient (Wildman–Crippen LogP) is 3.22. The molecule has 1 aromatic heterocycles. The summed E-state index contributed by atoms with van der Waals surface area (Å²) in [4.78, 5) is 29.5. The van der Waals surface area contributed by atoms with E-state index in [-0.39, 0.29) is 30.4 Å². The Hall–Kier alpha value is -1.82. The van der Waals surface area contributed by atoms with Crippen molar-refractivity contribution in [3.63, 3.8) is 0 Å². The minimum Gasteiger partial charge on any atom is -0.467 e. The Balaban J connectivity index is 1.65. The maximum absolute atomic E-state index is 13.1. The number of hydrogen-bond donors (Lipinski definition) is 0. The number of nitrogens with zero attached hydrogens (tertiary/aromatic N) is 2. The molecule has 2 amide bonds. The van der Waals surface area contributed by atoms with Gasteiger partial charge >= 0.3 is 0 Å². The van der Waals surface area contributed by atoms with E-state index in [0.29, 0.717) is 19.6 Å². The highest BCUT2D eigenvalue weighted by atomic mass is 16.5. The Morgan fingerprint density at radius 3 is 2.59 bits per heavy atom. The quantitative estimate of drug-likeness (QED) is 0.664. The zero-order valence-electron chi connectivity index (χ0n) is 16.4. The van der Waals surface area contributed by atoms with Gasteiger partial charge < -0.3 is 19.0 Å². The first kappa shape index (κ1) is 19.9. The van der Waals surface area contributed by atoms with E-state index in [2.05, 4.69) is 0 Å². The Kier molecular flexibility index (Phi) is 7.33. The number of ether oxygens (including phenoxy) is 1. The molecule has 1 aliphatic heterocycles. The van der Waals surface area contributed by atoms with E-state index in [0.717, 1.165) is 57.3 Å². The van der Waals surface area contributed by atoms with Gasteiger partial charge in [-0.25, -0.2) is 0 Å². The SMILES string of the molecule is CCCN(CC(=O)N(Cc1ccco1)CC1CCCO1)C(=O)C1CCCC1. The van der Waals surface area contributed by atoms with Crippen LogP contribution in [0.1, 0.15) is 57.6 Å². The lowest BCUT2D eigenvalue weighted by molar-refractivity contribution is -0.144. The predicted molar refractivity (Wildman–Crippen MR) is 102 cm³/mol. The fourth-order valence-electron chi connectivity index (χ4n) is 4.11. The summed E-state index contributed by atoms with van der Waals surface area (Å²) in [6.45, 7) is 4.56. The molecule has 2 aliphatic rings. The van der Waals surface area contributed by atoms with Gasteiger partial charge in [0.05, 0.1) is 25.5 Å². The summed E-state index contributed by atoms with van der Waals surface area (Å²) in [7, 11) is 0. The second kappa shape index (κ2) is 9.93. The van der Waals surface area contributed by atoms with Gasteiger partial charge in [0.1, 0.15) is 5.76 Å². The van der Waals surface area contributed by atoms with E-state index in [1.165, 1.54) is 0 Å². The van der Waals surface area contributed by atoms with Crippen molar-refractivity contribution >= 4 is 11.8 Å². The van der Waals surface area contributed by atoms with Gasteiger partial charge in [0.15, 0.2) is 0 Å². The fraction of sp³-hybridized carbons (Fsp3) is 0.714. The first-order valence-electron chi connectivity index (χ1n) is 10.4. The van der Waals surface area contributed by atoms with E-state index >= 15 is 0 Å². The summed E-state index contributed by atoms with van der Waals surface area (Å²) in [5.41, 5.74) is 0. The molecule has 6 nitrogen and oxygen atoms in total. The van der Waals surface area contributed by atoms with Crippen LogP contribution in [0.2, 0.25) is 0 Å². The number of furan rings is 1. The molecule has 1 saturated heterocycles. The lowest BCUT2D eigenvalue weighted by atomic mass is 10.1. The highest BCUT2D eigenvalue weighted by Crippen LogP contribution is 2.26. The first-order valence-corrected chi connectivity index (χ1v) is 10.4. The van der Waals surface area contributed by atoms with Gasteiger partial charge in [0, 0.05) is 25.6 Å². The van der Waals surface area contributed by atoms with Crippen molar-refractivity contribution in [3.05, 3.63) is 24.2 Å².